The summed E-state index contributed by atoms with van der Waals surface area (Å²) in [5, 5.41) is 11.4. The molecule has 1 unspecified atom stereocenters. The molecule has 0 N–H and O–H groups in total. The van der Waals surface area contributed by atoms with Gasteiger partial charge in [0.1, 0.15) is 11.2 Å². The van der Waals surface area contributed by atoms with Crippen LogP contribution in [-0.4, -0.2) is 15.0 Å². The van der Waals surface area contributed by atoms with Crippen LogP contribution in [0.3, 0.4) is 0 Å². The monoisotopic (exact) mass is 650 g/mol. The van der Waals surface area contributed by atoms with E-state index in [2.05, 4.69) is 92.7 Å². The van der Waals surface area contributed by atoms with Gasteiger partial charge in [0, 0.05) is 27.5 Å². The Morgan fingerprint density at radius 2 is 1.14 bits per heavy atom. The summed E-state index contributed by atoms with van der Waals surface area (Å²) in [5.74, 6) is 4.35. The van der Waals surface area contributed by atoms with Crippen molar-refractivity contribution in [1.82, 2.24) is 15.0 Å². The molecule has 0 saturated heterocycles. The molecule has 2 fully saturated rings. The molecule has 0 spiro atoms. The van der Waals surface area contributed by atoms with Gasteiger partial charge in [-0.15, -0.1) is 0 Å². The van der Waals surface area contributed by atoms with Crippen LogP contribution < -0.4 is 0 Å². The second-order valence-electron chi connectivity index (χ2n) is 14.9. The average Bonchev–Trinajstić information content (AvgIpc) is 3.51. The first-order chi connectivity index (χ1) is 24.4. The Bertz CT molecular complexity index is 2400. The molecule has 0 amide bonds. The molecule has 2 bridgehead atoms. The van der Waals surface area contributed by atoms with Crippen molar-refractivity contribution in [2.45, 2.75) is 51.4 Å². The van der Waals surface area contributed by atoms with Crippen LogP contribution in [0.5, 0.6) is 0 Å². The third kappa shape index (κ3) is 5.46. The summed E-state index contributed by atoms with van der Waals surface area (Å²) >= 11 is 0. The van der Waals surface area contributed by atoms with Crippen molar-refractivity contribution >= 4 is 21.9 Å². The van der Waals surface area contributed by atoms with Crippen molar-refractivity contribution in [2.75, 3.05) is 0 Å². The lowest BCUT2D eigenvalue weighted by Crippen LogP contribution is -2.42. The van der Waals surface area contributed by atoms with E-state index >= 15 is 0 Å². The molecule has 2 aromatic heterocycles. The number of benzene rings is 5. The van der Waals surface area contributed by atoms with E-state index in [0.717, 1.165) is 67.5 Å². The molecule has 0 aliphatic heterocycles. The largest absolute Gasteiger partial charge is 0.456 e. The average molecular weight is 651 g/mol. The van der Waals surface area contributed by atoms with Gasteiger partial charge in [-0.3, -0.25) is 0 Å². The van der Waals surface area contributed by atoms with Crippen molar-refractivity contribution in [3.05, 3.63) is 126 Å². The molecule has 2 saturated carbocycles. The summed E-state index contributed by atoms with van der Waals surface area (Å²) in [6.07, 6.45) is 6.62. The fourth-order valence-corrected chi connectivity index (χ4v) is 9.25. The molecular weight excluding hydrogens is 613 g/mol. The van der Waals surface area contributed by atoms with E-state index in [4.69, 9.17) is 19.4 Å². The Labute approximate surface area is 292 Å². The van der Waals surface area contributed by atoms with Crippen LogP contribution >= 0.6 is 0 Å². The Morgan fingerprint density at radius 1 is 0.580 bits per heavy atom. The van der Waals surface area contributed by atoms with Crippen LogP contribution in [0.25, 0.3) is 67.2 Å². The van der Waals surface area contributed by atoms with E-state index in [0.29, 0.717) is 23.0 Å². The van der Waals surface area contributed by atoms with Crippen molar-refractivity contribution in [2.24, 2.45) is 17.8 Å². The second-order valence-corrected chi connectivity index (χ2v) is 14.9. The Balaban J connectivity index is 1.11. The highest BCUT2D eigenvalue weighted by Crippen LogP contribution is 2.54. The molecule has 5 heteroatoms. The lowest BCUT2D eigenvalue weighted by Gasteiger charge is -2.50. The summed E-state index contributed by atoms with van der Waals surface area (Å²) in [6.45, 7) is 4.89. The number of furan rings is 1. The van der Waals surface area contributed by atoms with Crippen LogP contribution in [0, 0.1) is 29.1 Å². The van der Waals surface area contributed by atoms with Crippen LogP contribution in [0.4, 0.5) is 0 Å². The molecule has 9 rings (SSSR count). The van der Waals surface area contributed by atoms with Crippen LogP contribution in [0.15, 0.2) is 120 Å². The molecule has 244 valence electrons. The first-order valence-electron chi connectivity index (χ1n) is 17.8. The highest BCUT2D eigenvalue weighted by atomic mass is 16.3. The minimum Gasteiger partial charge on any atom is -0.456 e. The lowest BCUT2D eigenvalue weighted by molar-refractivity contribution is 0.0780. The van der Waals surface area contributed by atoms with Crippen LogP contribution in [0.2, 0.25) is 0 Å². The van der Waals surface area contributed by atoms with E-state index in [1.807, 2.05) is 36.4 Å². The SMILES string of the molecule is C[C@@H]1C[C@@H]2C[C@H](C)CC(c3ccc(-c4nc(-c5ccccc5)nc(-c5cccc(-c6ccc7oc8ccc(C#N)cc8c7c6)c5)n4)cc3)(C1)C2. The summed E-state index contributed by atoms with van der Waals surface area (Å²) in [4.78, 5) is 15.1. The Hall–Kier alpha value is -5.60. The first-order valence-corrected chi connectivity index (χ1v) is 17.8. The molecule has 2 heterocycles. The number of aromatic nitrogens is 3. The summed E-state index contributed by atoms with van der Waals surface area (Å²) in [7, 11) is 0. The normalized spacial score (nSPS) is 21.7. The van der Waals surface area contributed by atoms with E-state index in [1.54, 1.807) is 6.07 Å². The van der Waals surface area contributed by atoms with Crippen molar-refractivity contribution in [1.29, 1.82) is 5.26 Å². The summed E-state index contributed by atoms with van der Waals surface area (Å²) in [5.41, 5.74) is 8.90. The van der Waals surface area contributed by atoms with Gasteiger partial charge < -0.3 is 4.42 Å². The van der Waals surface area contributed by atoms with Gasteiger partial charge in [-0.25, -0.2) is 15.0 Å². The molecule has 5 nitrogen and oxygen atoms in total. The Morgan fingerprint density at radius 3 is 1.84 bits per heavy atom. The molecule has 0 radical (unpaired) electrons. The van der Waals surface area contributed by atoms with Gasteiger partial charge in [0.15, 0.2) is 17.5 Å². The predicted octanol–water partition coefficient (Wildman–Crippen LogP) is 11.4. The van der Waals surface area contributed by atoms with Gasteiger partial charge in [0.05, 0.1) is 11.6 Å². The van der Waals surface area contributed by atoms with E-state index in [-0.39, 0.29) is 5.41 Å². The van der Waals surface area contributed by atoms with Gasteiger partial charge in [-0.05, 0) is 108 Å². The fourth-order valence-electron chi connectivity index (χ4n) is 9.25. The summed E-state index contributed by atoms with van der Waals surface area (Å²) < 4.78 is 6.08. The van der Waals surface area contributed by atoms with E-state index in [9.17, 15) is 5.26 Å². The molecule has 2 aliphatic carbocycles. The number of nitriles is 1. The molecule has 2 aliphatic rings. The molecule has 7 aromatic rings. The maximum atomic E-state index is 9.48. The number of hydrogen-bond donors (Lipinski definition) is 0. The minimum atomic E-state index is 0.280. The highest BCUT2D eigenvalue weighted by molar-refractivity contribution is 6.06. The third-order valence-electron chi connectivity index (χ3n) is 11.1. The van der Waals surface area contributed by atoms with E-state index < -0.39 is 0 Å². The number of fused-ring (bicyclic) bond motifs is 5. The predicted molar refractivity (Wildman–Crippen MR) is 200 cm³/mol. The zero-order chi connectivity index (χ0) is 33.8. The van der Waals surface area contributed by atoms with Crippen molar-refractivity contribution in [3.8, 4) is 51.4 Å². The standard InChI is InChI=1S/C45H38N4O/c1-28-19-31-20-29(2)25-45(24-28,26-31)37-15-12-33(13-16-37)43-47-42(32-7-4-3-5-8-32)48-44(49-43)36-10-6-9-34(22-36)35-14-18-41-39(23-35)38-21-30(27-46)11-17-40(38)50-41/h3-18,21-23,28-29,31H,19-20,24-26H2,1-2H3/t28-,29+,31-,45?. The van der Waals surface area contributed by atoms with Crippen LogP contribution in [-0.2, 0) is 5.41 Å². The van der Waals surface area contributed by atoms with Gasteiger partial charge in [0.25, 0.3) is 0 Å². The molecule has 5 aromatic carbocycles. The molecular formula is C45H38N4O. The molecule has 50 heavy (non-hydrogen) atoms. The third-order valence-corrected chi connectivity index (χ3v) is 11.1. The van der Waals surface area contributed by atoms with Crippen molar-refractivity contribution in [3.63, 3.8) is 0 Å². The maximum absolute atomic E-state index is 9.48. The van der Waals surface area contributed by atoms with E-state index in [1.165, 1.54) is 37.7 Å². The van der Waals surface area contributed by atoms with Crippen molar-refractivity contribution < 1.29 is 4.42 Å². The number of nitrogens with zero attached hydrogens (tertiary/aromatic N) is 4. The first kappa shape index (κ1) is 30.5. The van der Waals surface area contributed by atoms with Gasteiger partial charge in [-0.2, -0.15) is 5.26 Å². The quantitative estimate of drug-likeness (QED) is 0.185. The zero-order valence-corrected chi connectivity index (χ0v) is 28.4. The topological polar surface area (TPSA) is 75.6 Å². The van der Waals surface area contributed by atoms with Gasteiger partial charge in [0.2, 0.25) is 0 Å². The van der Waals surface area contributed by atoms with Gasteiger partial charge >= 0.3 is 0 Å². The van der Waals surface area contributed by atoms with Gasteiger partial charge in [-0.1, -0.05) is 92.7 Å². The molecule has 4 atom stereocenters. The maximum Gasteiger partial charge on any atom is 0.164 e. The minimum absolute atomic E-state index is 0.280. The number of rotatable bonds is 5. The number of hydrogen-bond acceptors (Lipinski definition) is 5. The van der Waals surface area contributed by atoms with Crippen LogP contribution in [0.1, 0.15) is 57.1 Å². The Kier molecular flexibility index (Phi) is 7.35. The second kappa shape index (κ2) is 12.1. The lowest BCUT2D eigenvalue weighted by atomic mass is 9.54. The zero-order valence-electron chi connectivity index (χ0n) is 28.4. The highest BCUT2D eigenvalue weighted by Gasteiger charge is 2.45. The smallest absolute Gasteiger partial charge is 0.164 e. The fraction of sp³-hybridized carbons (Fsp3) is 0.244. The summed E-state index contributed by atoms with van der Waals surface area (Å²) in [6, 6.07) is 41.7.